The van der Waals surface area contributed by atoms with Gasteiger partial charge in [-0.25, -0.2) is 0 Å². The number of benzene rings is 27. The van der Waals surface area contributed by atoms with Crippen LogP contribution in [0.1, 0.15) is 74.9 Å². The molecule has 27 aromatic carbocycles. The third kappa shape index (κ3) is 13.1. The van der Waals surface area contributed by atoms with Gasteiger partial charge >= 0.3 is 0 Å². The van der Waals surface area contributed by atoms with E-state index in [4.69, 9.17) is 0 Å². The molecule has 0 atom stereocenters. The Morgan fingerprint density at radius 3 is 0.600 bits per heavy atom. The average Bonchev–Trinajstić information content (AvgIpc) is 1.60. The summed E-state index contributed by atoms with van der Waals surface area (Å²) in [6.45, 7) is 14.3. The molecule has 0 nitrogen and oxygen atoms in total. The Kier molecular flexibility index (Phi) is 19.6. The third-order valence-electron chi connectivity index (χ3n) is 32.9. The quantitative estimate of drug-likeness (QED) is 0.133. The van der Waals surface area contributed by atoms with Crippen molar-refractivity contribution >= 4 is 140 Å². The smallest absolute Gasteiger partial charge is 0.0159 e. The van der Waals surface area contributed by atoms with Gasteiger partial charge in [0.2, 0.25) is 0 Å². The average molecular weight is 1840 g/mol. The summed E-state index contributed by atoms with van der Waals surface area (Å²) in [4.78, 5) is 0. The van der Waals surface area contributed by atoms with Gasteiger partial charge in [0.15, 0.2) is 0 Å². The highest BCUT2D eigenvalue weighted by Gasteiger charge is 2.41. The first-order valence-electron chi connectivity index (χ1n) is 51.2. The molecule has 0 heterocycles. The van der Waals surface area contributed by atoms with Crippen molar-refractivity contribution in [2.24, 2.45) is 0 Å². The molecule has 680 valence electrons. The predicted octanol–water partition coefficient (Wildman–Crippen LogP) is 40.3. The summed E-state index contributed by atoms with van der Waals surface area (Å²) in [7, 11) is 0. The molecule has 0 saturated carbocycles. The van der Waals surface area contributed by atoms with Crippen molar-refractivity contribution in [2.75, 3.05) is 0 Å². The summed E-state index contributed by atoms with van der Waals surface area (Å²) < 4.78 is 0. The second kappa shape index (κ2) is 33.2. The zero-order valence-corrected chi connectivity index (χ0v) is 81.8. The van der Waals surface area contributed by atoms with E-state index in [1.54, 1.807) is 0 Å². The van der Waals surface area contributed by atoms with Crippen LogP contribution in [0.15, 0.2) is 497 Å². The Labute approximate surface area is 844 Å². The fourth-order valence-electron chi connectivity index (χ4n) is 26.3. The summed E-state index contributed by atoms with van der Waals surface area (Å²) in [5.74, 6) is 0. The lowest BCUT2D eigenvalue weighted by molar-refractivity contribution is 0.661. The first-order chi connectivity index (χ1) is 71.3. The third-order valence-corrected chi connectivity index (χ3v) is 32.9. The van der Waals surface area contributed by atoms with Crippen LogP contribution in [0.2, 0.25) is 0 Å². The van der Waals surface area contributed by atoms with Gasteiger partial charge in [-0.3, -0.25) is 0 Å². The minimum atomic E-state index is -0.103. The highest BCUT2D eigenvalue weighted by molar-refractivity contribution is 6.30. The van der Waals surface area contributed by atoms with Crippen LogP contribution in [0.25, 0.3) is 262 Å². The molecule has 0 aromatic heterocycles. The highest BCUT2D eigenvalue weighted by atomic mass is 14.4. The van der Waals surface area contributed by atoms with Crippen molar-refractivity contribution in [1.29, 1.82) is 0 Å². The lowest BCUT2D eigenvalue weighted by Crippen LogP contribution is -2.15. The Bertz CT molecular complexity index is 9990. The number of fused-ring (bicyclic) bond motifs is 25. The Balaban J connectivity index is 0.000000106. The van der Waals surface area contributed by atoms with E-state index in [1.165, 1.54) is 296 Å². The maximum Gasteiger partial charge on any atom is 0.0159 e. The largest absolute Gasteiger partial charge is 0.0622 e. The van der Waals surface area contributed by atoms with E-state index < -0.39 is 0 Å². The summed E-state index contributed by atoms with van der Waals surface area (Å²) in [5.41, 5.74) is 36.9. The molecule has 0 spiro atoms. The lowest BCUT2D eigenvalue weighted by Gasteiger charge is -2.24. The van der Waals surface area contributed by atoms with Gasteiger partial charge in [-0.1, -0.05) is 497 Å². The highest BCUT2D eigenvalue weighted by Crippen LogP contribution is 2.60. The van der Waals surface area contributed by atoms with E-state index >= 15 is 0 Å². The minimum Gasteiger partial charge on any atom is -0.0622 e. The van der Waals surface area contributed by atoms with Gasteiger partial charge in [0.1, 0.15) is 0 Å². The molecule has 27 aromatic rings. The van der Waals surface area contributed by atoms with Gasteiger partial charge in [-0.05, 0) is 338 Å². The number of hydrogen-bond acceptors (Lipinski definition) is 0. The minimum absolute atomic E-state index is 0.0841. The molecule has 0 bridgehead atoms. The molecule has 0 N–H and O–H groups in total. The molecule has 145 heavy (non-hydrogen) atoms. The van der Waals surface area contributed by atoms with Crippen molar-refractivity contribution in [3.63, 3.8) is 0 Å². The Morgan fingerprint density at radius 1 is 0.103 bits per heavy atom. The van der Waals surface area contributed by atoms with Crippen LogP contribution in [0.3, 0.4) is 0 Å². The molecule has 0 amide bonds. The Hall–Kier alpha value is -17.7. The number of rotatable bonds is 8. The van der Waals surface area contributed by atoms with Crippen LogP contribution in [0, 0.1) is 0 Å². The molecule has 0 radical (unpaired) electrons. The van der Waals surface area contributed by atoms with Crippen molar-refractivity contribution in [3.05, 3.63) is 531 Å². The van der Waals surface area contributed by atoms with Crippen LogP contribution >= 0.6 is 0 Å². The summed E-state index contributed by atoms with van der Waals surface area (Å²) in [6.07, 6.45) is 0. The van der Waals surface area contributed by atoms with E-state index in [9.17, 15) is 0 Å². The molecule has 0 fully saturated rings. The van der Waals surface area contributed by atoms with Gasteiger partial charge in [0.05, 0.1) is 0 Å². The fourth-order valence-corrected chi connectivity index (χ4v) is 26.3. The maximum atomic E-state index is 2.52. The Morgan fingerprint density at radius 2 is 0.297 bits per heavy atom. The van der Waals surface area contributed by atoms with E-state index in [0.717, 1.165) is 0 Å². The molecule has 0 heteroatoms. The summed E-state index contributed by atoms with van der Waals surface area (Å²) in [6, 6.07) is 185. The van der Waals surface area contributed by atoms with Gasteiger partial charge in [0.25, 0.3) is 0 Å². The van der Waals surface area contributed by atoms with Crippen LogP contribution in [-0.2, 0) is 16.2 Å². The van der Waals surface area contributed by atoms with E-state index in [1.807, 2.05) is 0 Å². The van der Waals surface area contributed by atoms with Gasteiger partial charge in [-0.2, -0.15) is 0 Å². The molecule has 30 rings (SSSR count). The molecular weight excluding hydrogens is 1740 g/mol. The maximum absolute atomic E-state index is 2.52. The second-order valence-corrected chi connectivity index (χ2v) is 41.6. The first-order valence-corrected chi connectivity index (χ1v) is 51.2. The molecule has 0 unspecified atom stereocenters. The number of hydrogen-bond donors (Lipinski definition) is 0. The van der Waals surface area contributed by atoms with Crippen molar-refractivity contribution in [2.45, 2.75) is 57.8 Å². The van der Waals surface area contributed by atoms with Gasteiger partial charge < -0.3 is 0 Å². The predicted molar refractivity (Wildman–Crippen MR) is 623 cm³/mol. The second-order valence-electron chi connectivity index (χ2n) is 41.6. The molecule has 0 saturated heterocycles. The fraction of sp³-hybridized carbons (Fsp3) is 0.0621. The topological polar surface area (TPSA) is 0 Å². The monoisotopic (exact) mass is 1840 g/mol. The standard InChI is InChI=1S/C53H36.C49H34.C43H30/c1-53(2)48-29-14-13-27-45(48)52-40-22-8-7-21-38(40)46(32-49(52)53)35-30-34-17-4-6-20-37(34)47(31-35)51-43-25-11-9-23-41(43)50(42-24-10-12-26-44(42)51)39-28-15-18-33-16-3-5-19-36(33)39;1-49(2)44-27-15-14-26-41(44)48-36-21-9-8-20-35(36)42(30-45(48)49)33-28-32-18-6-7-19-34(32)43(29-33)47-39-24-12-10-22-37(39)46(31-16-4-3-5-17-31)38-23-11-13-25-40(38)47;1-43(2)38-25-12-11-23-36(38)42-31-18-6-5-17-29(31)37(26-39(42)43)41-34-21-9-7-19-32(34)40(33-20-8-10-22-35(33)41)30-24-13-15-27-14-3-4-16-28(27)30/h3-32H,1-2H3;3-30H,1-2H3;3-26H,1-2H3. The van der Waals surface area contributed by atoms with Crippen molar-refractivity contribution in [1.82, 2.24) is 0 Å². The van der Waals surface area contributed by atoms with Crippen LogP contribution in [0.5, 0.6) is 0 Å². The normalized spacial score (nSPS) is 13.3. The summed E-state index contributed by atoms with van der Waals surface area (Å²) >= 11 is 0. The lowest BCUT2D eigenvalue weighted by atomic mass is 9.79. The van der Waals surface area contributed by atoms with Crippen molar-refractivity contribution < 1.29 is 0 Å². The zero-order chi connectivity index (χ0) is 96.7. The molecular formula is C145H100. The molecule has 3 aliphatic rings. The van der Waals surface area contributed by atoms with Crippen LogP contribution < -0.4 is 0 Å². The first kappa shape index (κ1) is 85.3. The zero-order valence-electron chi connectivity index (χ0n) is 81.8. The van der Waals surface area contributed by atoms with Gasteiger partial charge in [-0.15, -0.1) is 0 Å². The van der Waals surface area contributed by atoms with Crippen molar-refractivity contribution in [3.8, 4) is 122 Å². The summed E-state index contributed by atoms with van der Waals surface area (Å²) in [5, 5.41) is 33.4. The van der Waals surface area contributed by atoms with E-state index in [-0.39, 0.29) is 16.2 Å². The van der Waals surface area contributed by atoms with Crippen LogP contribution in [-0.4, -0.2) is 0 Å². The van der Waals surface area contributed by atoms with Crippen LogP contribution in [0.4, 0.5) is 0 Å². The van der Waals surface area contributed by atoms with E-state index in [2.05, 4.69) is 539 Å². The SMILES string of the molecule is CC1(C)c2ccccc2-c2c1cc(-c1c3ccccc3c(-c3cccc4ccccc34)c3ccccc13)c1ccccc21.CC1(C)c2ccccc2-c2c1cc(-c1cc(-c3c4ccccc4c(-c4cccc5ccccc45)c4ccccc34)c3ccccc3c1)c1ccccc21.CC1(C)c2ccccc2-c2c1cc(-c1cc(-c3c4ccccc4c(-c4ccccc4)c4ccccc34)c3ccccc3c1)c1ccccc21. The van der Waals surface area contributed by atoms with Gasteiger partial charge in [0, 0.05) is 16.2 Å². The molecule has 3 aliphatic carbocycles. The molecule has 0 aliphatic heterocycles. The van der Waals surface area contributed by atoms with E-state index in [0.29, 0.717) is 0 Å².